The van der Waals surface area contributed by atoms with Gasteiger partial charge in [0, 0.05) is 122 Å². The van der Waals surface area contributed by atoms with Crippen molar-refractivity contribution in [1.82, 2.24) is 24.8 Å². The van der Waals surface area contributed by atoms with E-state index in [1.54, 1.807) is 12.1 Å². The second-order valence-electron chi connectivity index (χ2n) is 29.5. The second kappa shape index (κ2) is 42.7. The zero-order chi connectivity index (χ0) is 75.4. The first-order chi connectivity index (χ1) is 50.8. The standard InChI is InChI=1S/C28H39N5O3.C20H28BF3N2O3.C14H20IN3O2.C9H10FIN2O.C5H11NO.ClH.H2S/c1-3-21-8-9-33(18-21)28(34)30-23-7-6-20(2)25(17-23)22-15-26(29-24-5-4-12-36-19-24)31-27(16-22)32-10-13-35-14-11-32;1-13-6-7-15(10-16(13)21-28-18(2,3)19(4,5)29-21)25-17(27)26-9-8-14(12-26)11-20(22,23)24;15-11-8-13(16-12-2-1-5-20-10-12)17-14(9-11)18-3-6-19-7-4-18;10-8-5-7(11)6-9(12-8)13-1-3-14-4-2-13;6-5-2-1-3-7-4-5;;/h6-7,15-17,21,24H,3-5,8-14,18-19H2,1-2H3,(H,29,31)(H,30,34);6-7,10,14H,8-9,11-12H2,1-5H3,(H,25,27);8-9,12H,1-7,10H2,(H,16,17);5-6H,1-4H2;5H,1-4,6H2;1H;1H2/t21-,24+;14-;12-;;5-;;/m100.0../s1. The van der Waals surface area contributed by atoms with Gasteiger partial charge in [-0.15, -0.1) is 12.4 Å². The van der Waals surface area contributed by atoms with E-state index in [1.807, 2.05) is 62.6 Å². The van der Waals surface area contributed by atoms with E-state index in [1.165, 1.54) is 14.5 Å². The van der Waals surface area contributed by atoms with E-state index in [-0.39, 0.29) is 44.5 Å². The average molecular weight is 1770 g/mol. The Morgan fingerprint density at radius 2 is 1.02 bits per heavy atom. The summed E-state index contributed by atoms with van der Waals surface area (Å²) in [5.74, 6) is 4.16. The Hall–Kier alpha value is -5.05. The smallest absolute Gasteiger partial charge is 0.399 e. The highest BCUT2D eigenvalue weighted by Gasteiger charge is 2.52. The Morgan fingerprint density at radius 1 is 0.565 bits per heavy atom. The molecule has 0 unspecified atom stereocenters. The van der Waals surface area contributed by atoms with Gasteiger partial charge in [0.15, 0.2) is 0 Å². The Bertz CT molecular complexity index is 3600. The van der Waals surface area contributed by atoms with Crippen LogP contribution in [0.5, 0.6) is 0 Å². The number of morpholine rings is 3. The number of hydrogen-bond acceptors (Lipinski definition) is 19. The van der Waals surface area contributed by atoms with Crippen molar-refractivity contribution in [1.29, 1.82) is 0 Å². The molecule has 108 heavy (non-hydrogen) atoms. The molecule has 9 saturated heterocycles. The number of amides is 4. The maximum Gasteiger partial charge on any atom is 0.495 e. The molecule has 3 aromatic heterocycles. The van der Waals surface area contributed by atoms with E-state index < -0.39 is 48.8 Å². The number of rotatable bonds is 13. The van der Waals surface area contributed by atoms with Gasteiger partial charge in [0.25, 0.3) is 0 Å². The Kier molecular flexibility index (Phi) is 35.0. The lowest BCUT2D eigenvalue weighted by Crippen LogP contribution is -2.41. The van der Waals surface area contributed by atoms with Gasteiger partial charge in [-0.3, -0.25) is 0 Å². The van der Waals surface area contributed by atoms with Gasteiger partial charge in [-0.25, -0.2) is 24.5 Å². The minimum Gasteiger partial charge on any atom is -0.399 e. The van der Waals surface area contributed by atoms with Crippen LogP contribution < -0.4 is 47.2 Å². The number of carbonyl (C=O) groups is 2. The van der Waals surface area contributed by atoms with Gasteiger partial charge in [0.1, 0.15) is 29.1 Å². The number of anilines is 7. The maximum absolute atomic E-state index is 13.0. The molecular weight excluding hydrogens is 1660 g/mol. The van der Waals surface area contributed by atoms with Crippen molar-refractivity contribution < 1.29 is 64.9 Å². The van der Waals surface area contributed by atoms with Crippen molar-refractivity contribution in [2.75, 3.05) is 181 Å². The molecule has 0 aliphatic carbocycles. The monoisotopic (exact) mass is 1770 g/mol. The summed E-state index contributed by atoms with van der Waals surface area (Å²) in [7, 11) is -0.556. The molecule has 5 aromatic rings. The zero-order valence-electron chi connectivity index (χ0n) is 63.4. The van der Waals surface area contributed by atoms with E-state index in [4.69, 9.17) is 53.4 Å². The van der Waals surface area contributed by atoms with Gasteiger partial charge in [0.05, 0.1) is 82.7 Å². The van der Waals surface area contributed by atoms with Gasteiger partial charge in [-0.2, -0.15) is 31.1 Å². The third-order valence-electron chi connectivity index (χ3n) is 20.6. The van der Waals surface area contributed by atoms with Gasteiger partial charge >= 0.3 is 25.4 Å². The number of pyridine rings is 3. The molecule has 12 heterocycles. The fourth-order valence-electron chi connectivity index (χ4n) is 13.7. The van der Waals surface area contributed by atoms with Crippen molar-refractivity contribution in [2.24, 2.45) is 17.6 Å². The summed E-state index contributed by atoms with van der Waals surface area (Å²) >= 11 is 4.44. The van der Waals surface area contributed by atoms with Gasteiger partial charge in [-0.1, -0.05) is 31.0 Å². The summed E-state index contributed by atoms with van der Waals surface area (Å²) in [5, 5.41) is 13.0. The van der Waals surface area contributed by atoms with Crippen LogP contribution in [0, 0.1) is 38.8 Å². The first-order valence-corrected chi connectivity index (χ1v) is 39.8. The van der Waals surface area contributed by atoms with Crippen LogP contribution in [0.4, 0.5) is 67.6 Å². The molecule has 9 fully saturated rings. The summed E-state index contributed by atoms with van der Waals surface area (Å²) < 4.78 is 97.5. The Labute approximate surface area is 675 Å². The van der Waals surface area contributed by atoms with Gasteiger partial charge in [-0.05, 0) is 227 Å². The topological polar surface area (TPSA) is 237 Å². The molecule has 6 N–H and O–H groups in total. The molecule has 0 saturated carbocycles. The fraction of sp³-hybridized carbons (Fsp3) is 0.618. The molecule has 0 spiro atoms. The molecule has 23 nitrogen and oxygen atoms in total. The minimum absolute atomic E-state index is 0. The summed E-state index contributed by atoms with van der Waals surface area (Å²) in [6.07, 6.45) is 4.21. The lowest BCUT2D eigenvalue weighted by atomic mass is 9.76. The van der Waals surface area contributed by atoms with Crippen LogP contribution in [-0.2, 0) is 37.7 Å². The highest BCUT2D eigenvalue weighted by molar-refractivity contribution is 14.1. The molecule has 0 bridgehead atoms. The molecular formula is C76H111BClF4I2N13O10S. The van der Waals surface area contributed by atoms with E-state index in [0.717, 1.165) is 210 Å². The van der Waals surface area contributed by atoms with Crippen LogP contribution >= 0.6 is 71.1 Å². The number of aromatic nitrogens is 3. The number of ether oxygens (including phenoxy) is 6. The van der Waals surface area contributed by atoms with Crippen molar-refractivity contribution >= 4 is 136 Å². The minimum atomic E-state index is -4.20. The van der Waals surface area contributed by atoms with Crippen molar-refractivity contribution in [3.63, 3.8) is 0 Å². The van der Waals surface area contributed by atoms with Crippen LogP contribution in [0.25, 0.3) is 11.1 Å². The van der Waals surface area contributed by atoms with Gasteiger partial charge < -0.3 is 89.2 Å². The highest BCUT2D eigenvalue weighted by Crippen LogP contribution is 2.38. The summed E-state index contributed by atoms with van der Waals surface area (Å²) in [4.78, 5) is 49.0. The number of nitrogens with one attached hydrogen (secondary N) is 4. The summed E-state index contributed by atoms with van der Waals surface area (Å²) in [6, 6.07) is 24.0. The predicted molar refractivity (Wildman–Crippen MR) is 443 cm³/mol. The van der Waals surface area contributed by atoms with Gasteiger partial charge in [0.2, 0.25) is 5.95 Å². The molecule has 0 radical (unpaired) electrons. The second-order valence-corrected chi connectivity index (χ2v) is 32.0. The van der Waals surface area contributed by atoms with E-state index in [9.17, 15) is 27.2 Å². The predicted octanol–water partition coefficient (Wildman–Crippen LogP) is 13.3. The Morgan fingerprint density at radius 3 is 1.47 bits per heavy atom. The lowest BCUT2D eigenvalue weighted by molar-refractivity contribution is -0.143. The quantitative estimate of drug-likeness (QED) is 0.0319. The zero-order valence-corrected chi connectivity index (χ0v) is 69.6. The number of hydrogen-bond donors (Lipinski definition) is 5. The van der Waals surface area contributed by atoms with Crippen molar-refractivity contribution in [2.45, 2.75) is 148 Å². The van der Waals surface area contributed by atoms with E-state index in [0.29, 0.717) is 75.5 Å². The number of benzene rings is 2. The first-order valence-electron chi connectivity index (χ1n) is 37.6. The lowest BCUT2D eigenvalue weighted by Gasteiger charge is -2.32. The van der Waals surface area contributed by atoms with Crippen LogP contribution in [0.15, 0.2) is 72.8 Å². The van der Waals surface area contributed by atoms with E-state index >= 15 is 0 Å². The van der Waals surface area contributed by atoms with E-state index in [2.05, 4.69) is 131 Å². The largest absolute Gasteiger partial charge is 0.495 e. The fourth-order valence-corrected chi connectivity index (χ4v) is 14.8. The summed E-state index contributed by atoms with van der Waals surface area (Å²) in [6.45, 7) is 30.5. The SMILES string of the molecule is CC[C@@H]1CCN(C(=O)Nc2ccc(C)c(-c3cc(N[C@H]4CCCOC4)nc(N4CCOCC4)c3)c2)C1.Cc1ccc(NC(=O)N2CC[C@@H](CC(F)(F)F)C2)cc1B1OC(C)(C)C(C)(C)O1.Cl.Fc1cc(I)cc(N2CCOCC2)n1.Ic1cc(N[C@H]2CCCOC2)nc(N2CCOCC2)c1.N[C@H]1CCCOC1.S. The van der Waals surface area contributed by atoms with Crippen LogP contribution in [0.2, 0.25) is 0 Å². The van der Waals surface area contributed by atoms with Crippen LogP contribution in [0.1, 0.15) is 110 Å². The average Bonchev–Trinajstić information content (AvgIpc) is 1.60. The van der Waals surface area contributed by atoms with Crippen LogP contribution in [-0.4, -0.2) is 224 Å². The Balaban J connectivity index is 0.000000182. The molecule has 9 aliphatic rings. The van der Waals surface area contributed by atoms with Crippen molar-refractivity contribution in [3.05, 3.63) is 97.0 Å². The number of nitrogens with zero attached hydrogens (tertiary/aromatic N) is 8. The molecule has 4 amide bonds. The molecule has 2 aromatic carbocycles. The number of aryl methyl sites for hydroxylation is 2. The van der Waals surface area contributed by atoms with Crippen LogP contribution in [0.3, 0.4) is 0 Å². The number of urea groups is 2. The molecule has 598 valence electrons. The summed E-state index contributed by atoms with van der Waals surface area (Å²) in [5.41, 5.74) is 11.1. The number of alkyl halides is 3. The third kappa shape index (κ3) is 27.1. The number of carbonyl (C=O) groups excluding carboxylic acids is 2. The number of halogens is 7. The maximum atomic E-state index is 13.0. The molecule has 14 rings (SSSR count). The number of nitrogens with two attached hydrogens (primary N) is 1. The first kappa shape index (κ1) is 88.5. The molecule has 5 atom stereocenters. The molecule has 9 aliphatic heterocycles. The van der Waals surface area contributed by atoms with Crippen molar-refractivity contribution in [3.8, 4) is 11.1 Å². The number of likely N-dealkylation sites (tertiary alicyclic amines) is 2. The third-order valence-corrected chi connectivity index (χ3v) is 21.9. The highest BCUT2D eigenvalue weighted by atomic mass is 127. The normalized spacial score (nSPS) is 22.6. The molecule has 32 heteroatoms.